The van der Waals surface area contributed by atoms with Crippen LogP contribution in [0, 0.1) is 10.1 Å². The summed E-state index contributed by atoms with van der Waals surface area (Å²) in [4.78, 5) is 20.7. The summed E-state index contributed by atoms with van der Waals surface area (Å²) in [6, 6.07) is 6.18. The Morgan fingerprint density at radius 2 is 1.94 bits per heavy atom. The molecule has 5 nitrogen and oxygen atoms in total. The Morgan fingerprint density at radius 1 is 1.38 bits per heavy atom. The van der Waals surface area contributed by atoms with Gasteiger partial charge in [0.15, 0.2) is 0 Å². The summed E-state index contributed by atoms with van der Waals surface area (Å²) >= 11 is 0. The number of nitrogens with zero attached hydrogens (tertiary/aromatic N) is 1. The number of carbonyl (C=O) groups is 1. The molecule has 0 bridgehead atoms. The second-order valence-corrected chi connectivity index (χ2v) is 4.15. The van der Waals surface area contributed by atoms with E-state index in [1.165, 1.54) is 12.1 Å². The molecule has 1 aromatic carbocycles. The van der Waals surface area contributed by atoms with Crippen molar-refractivity contribution in [2.45, 2.75) is 24.7 Å². The topological polar surface area (TPSA) is 80.4 Å². The van der Waals surface area contributed by atoms with Gasteiger partial charge in [0.05, 0.1) is 11.3 Å². The van der Waals surface area contributed by atoms with Crippen molar-refractivity contribution in [3.05, 3.63) is 39.9 Å². The molecule has 1 N–H and O–H groups in total. The van der Waals surface area contributed by atoms with Crippen LogP contribution in [0.5, 0.6) is 0 Å². The largest absolute Gasteiger partial charge is 0.481 e. The molecule has 0 atom stereocenters. The highest BCUT2D eigenvalue weighted by Gasteiger charge is 2.45. The van der Waals surface area contributed by atoms with Crippen LogP contribution >= 0.6 is 0 Å². The van der Waals surface area contributed by atoms with Gasteiger partial charge in [0.2, 0.25) is 0 Å². The van der Waals surface area contributed by atoms with Crippen molar-refractivity contribution in [1.82, 2.24) is 0 Å². The highest BCUT2D eigenvalue weighted by Crippen LogP contribution is 2.51. The zero-order valence-electron chi connectivity index (χ0n) is 8.55. The number of carboxylic acid groups (broad SMARTS) is 1. The number of non-ortho nitro benzene ring substituents is 1. The molecule has 0 spiro atoms. The first kappa shape index (κ1) is 10.6. The predicted octanol–water partition coefficient (Wildman–Crippen LogP) is 2.10. The Morgan fingerprint density at radius 3 is 2.31 bits per heavy atom. The molecular weight excluding hydrogens is 210 g/mol. The Balaban J connectivity index is 2.22. The van der Waals surface area contributed by atoms with E-state index < -0.39 is 10.9 Å². The predicted molar refractivity (Wildman–Crippen MR) is 56.3 cm³/mol. The smallest absolute Gasteiger partial charge is 0.304 e. The van der Waals surface area contributed by atoms with Gasteiger partial charge in [-0.05, 0) is 18.4 Å². The van der Waals surface area contributed by atoms with Gasteiger partial charge >= 0.3 is 5.97 Å². The Hall–Kier alpha value is -1.91. The van der Waals surface area contributed by atoms with Gasteiger partial charge in [0.25, 0.3) is 5.69 Å². The lowest BCUT2D eigenvalue weighted by molar-refractivity contribution is -0.384. The zero-order valence-corrected chi connectivity index (χ0v) is 8.55. The lowest BCUT2D eigenvalue weighted by atomic mass is 9.92. The molecule has 0 heterocycles. The maximum Gasteiger partial charge on any atom is 0.304 e. The van der Waals surface area contributed by atoms with E-state index >= 15 is 0 Å². The van der Waals surface area contributed by atoms with E-state index in [1.807, 2.05) is 0 Å². The Labute approximate surface area is 91.9 Å². The van der Waals surface area contributed by atoms with Crippen molar-refractivity contribution in [1.29, 1.82) is 0 Å². The van der Waals surface area contributed by atoms with Crippen LogP contribution in [0.1, 0.15) is 24.8 Å². The molecule has 0 aliphatic heterocycles. The zero-order chi connectivity index (χ0) is 11.8. The summed E-state index contributed by atoms with van der Waals surface area (Å²) in [6.45, 7) is 0. The number of carboxylic acids is 1. The molecule has 0 saturated heterocycles. The highest BCUT2D eigenvalue weighted by molar-refractivity contribution is 5.70. The number of aliphatic carboxylic acids is 1. The minimum Gasteiger partial charge on any atom is -0.481 e. The molecular formula is C11H11NO4. The fraction of sp³-hybridized carbons (Fsp3) is 0.364. The second-order valence-electron chi connectivity index (χ2n) is 4.15. The van der Waals surface area contributed by atoms with Gasteiger partial charge < -0.3 is 5.11 Å². The van der Waals surface area contributed by atoms with Crippen molar-refractivity contribution in [3.63, 3.8) is 0 Å². The molecule has 1 aromatic rings. The normalized spacial score (nSPS) is 16.8. The molecule has 0 amide bonds. The quantitative estimate of drug-likeness (QED) is 0.623. The third-order valence-corrected chi connectivity index (χ3v) is 3.03. The van der Waals surface area contributed by atoms with Gasteiger partial charge in [-0.2, -0.15) is 0 Å². The van der Waals surface area contributed by atoms with Crippen molar-refractivity contribution in [3.8, 4) is 0 Å². The number of hydrogen-bond donors (Lipinski definition) is 1. The third-order valence-electron chi connectivity index (χ3n) is 3.03. The maximum atomic E-state index is 10.7. The lowest BCUT2D eigenvalue weighted by Crippen LogP contribution is -2.12. The van der Waals surface area contributed by atoms with Gasteiger partial charge in [-0.3, -0.25) is 14.9 Å². The molecule has 2 rings (SSSR count). The van der Waals surface area contributed by atoms with Crippen LogP contribution in [0.4, 0.5) is 5.69 Å². The number of nitro benzene ring substituents is 1. The van der Waals surface area contributed by atoms with Crippen LogP contribution < -0.4 is 0 Å². The third kappa shape index (κ3) is 1.88. The molecule has 1 fully saturated rings. The first-order chi connectivity index (χ1) is 7.53. The van der Waals surface area contributed by atoms with E-state index in [-0.39, 0.29) is 17.5 Å². The minimum atomic E-state index is -0.823. The van der Waals surface area contributed by atoms with Crippen LogP contribution in [0.3, 0.4) is 0 Å². The van der Waals surface area contributed by atoms with Gasteiger partial charge in [0.1, 0.15) is 0 Å². The summed E-state index contributed by atoms with van der Waals surface area (Å²) < 4.78 is 0. The molecule has 1 aliphatic carbocycles. The molecule has 0 radical (unpaired) electrons. The van der Waals surface area contributed by atoms with Crippen molar-refractivity contribution < 1.29 is 14.8 Å². The van der Waals surface area contributed by atoms with E-state index in [9.17, 15) is 14.9 Å². The van der Waals surface area contributed by atoms with Gasteiger partial charge in [0, 0.05) is 17.5 Å². The van der Waals surface area contributed by atoms with E-state index in [0.717, 1.165) is 18.4 Å². The number of benzene rings is 1. The highest BCUT2D eigenvalue weighted by atomic mass is 16.6. The molecule has 1 saturated carbocycles. The van der Waals surface area contributed by atoms with E-state index in [1.54, 1.807) is 12.1 Å². The minimum absolute atomic E-state index is 0.0369. The number of nitro groups is 1. The average Bonchev–Trinajstić information content (AvgIpc) is 2.98. The molecule has 1 aliphatic rings. The lowest BCUT2D eigenvalue weighted by Gasteiger charge is -2.12. The monoisotopic (exact) mass is 221 g/mol. The Kier molecular flexibility index (Phi) is 2.38. The van der Waals surface area contributed by atoms with Crippen molar-refractivity contribution in [2.24, 2.45) is 0 Å². The summed E-state index contributed by atoms with van der Waals surface area (Å²) in [5, 5.41) is 19.3. The number of hydrogen-bond acceptors (Lipinski definition) is 3. The fourth-order valence-electron chi connectivity index (χ4n) is 1.94. The molecule has 0 unspecified atom stereocenters. The van der Waals surface area contributed by atoms with Gasteiger partial charge in [-0.25, -0.2) is 0 Å². The van der Waals surface area contributed by atoms with Crippen LogP contribution in [0.25, 0.3) is 0 Å². The van der Waals surface area contributed by atoms with Crippen molar-refractivity contribution >= 4 is 11.7 Å². The van der Waals surface area contributed by atoms with Gasteiger partial charge in [-0.15, -0.1) is 0 Å². The van der Waals surface area contributed by atoms with E-state index in [0.29, 0.717) is 0 Å². The van der Waals surface area contributed by atoms with Crippen LogP contribution in [-0.4, -0.2) is 16.0 Å². The summed E-state index contributed by atoms with van der Waals surface area (Å²) in [7, 11) is 0. The summed E-state index contributed by atoms with van der Waals surface area (Å²) in [5.74, 6) is -0.823. The molecule has 0 aromatic heterocycles. The molecule has 84 valence electrons. The van der Waals surface area contributed by atoms with Crippen LogP contribution in [-0.2, 0) is 10.2 Å². The second kappa shape index (κ2) is 3.59. The van der Waals surface area contributed by atoms with Crippen LogP contribution in [0.2, 0.25) is 0 Å². The Bertz CT molecular complexity index is 434. The summed E-state index contributed by atoms with van der Waals surface area (Å²) in [6.07, 6.45) is 1.79. The standard InChI is InChI=1S/C11H11NO4/c13-10(14)7-11(5-6-11)8-1-3-9(4-2-8)12(15)16/h1-4H,5-7H2,(H,13,14). The first-order valence-corrected chi connectivity index (χ1v) is 5.00. The average molecular weight is 221 g/mol. The van der Waals surface area contributed by atoms with Gasteiger partial charge in [-0.1, -0.05) is 12.1 Å². The summed E-state index contributed by atoms with van der Waals surface area (Å²) in [5.41, 5.74) is 0.649. The first-order valence-electron chi connectivity index (χ1n) is 5.00. The van der Waals surface area contributed by atoms with Crippen LogP contribution in [0.15, 0.2) is 24.3 Å². The number of rotatable bonds is 4. The molecule has 5 heteroatoms. The van der Waals surface area contributed by atoms with E-state index in [4.69, 9.17) is 5.11 Å². The van der Waals surface area contributed by atoms with E-state index in [2.05, 4.69) is 0 Å². The SMILES string of the molecule is O=C(O)CC1(c2ccc([N+](=O)[O-])cc2)CC1. The molecule has 16 heavy (non-hydrogen) atoms. The van der Waals surface area contributed by atoms with Crippen molar-refractivity contribution in [2.75, 3.05) is 0 Å². The fourth-order valence-corrected chi connectivity index (χ4v) is 1.94. The maximum absolute atomic E-state index is 10.7.